The molecule has 0 aromatic heterocycles. The zero-order valence-electron chi connectivity index (χ0n) is 9.81. The summed E-state index contributed by atoms with van der Waals surface area (Å²) >= 11 is 0. The SMILES string of the molecule is COc1ccc(NCCC2CC2)c([N+](=O)[O-])c1. The van der Waals surface area contributed by atoms with Gasteiger partial charge in [-0.1, -0.05) is 12.8 Å². The van der Waals surface area contributed by atoms with Gasteiger partial charge in [-0.05, 0) is 24.5 Å². The largest absolute Gasteiger partial charge is 0.496 e. The fraction of sp³-hybridized carbons (Fsp3) is 0.500. The van der Waals surface area contributed by atoms with Crippen molar-refractivity contribution in [1.29, 1.82) is 0 Å². The van der Waals surface area contributed by atoms with Crippen molar-refractivity contribution in [3.05, 3.63) is 28.3 Å². The highest BCUT2D eigenvalue weighted by Gasteiger charge is 2.21. The highest BCUT2D eigenvalue weighted by molar-refractivity contribution is 5.63. The Morgan fingerprint density at radius 1 is 1.53 bits per heavy atom. The van der Waals surface area contributed by atoms with Gasteiger partial charge in [0.15, 0.2) is 0 Å². The molecule has 0 unspecified atom stereocenters. The average Bonchev–Trinajstić information content (AvgIpc) is 3.13. The zero-order chi connectivity index (χ0) is 12.3. The number of nitrogens with one attached hydrogen (secondary N) is 1. The van der Waals surface area contributed by atoms with Crippen LogP contribution < -0.4 is 10.1 Å². The Kier molecular flexibility index (Phi) is 3.46. The van der Waals surface area contributed by atoms with Crippen LogP contribution in [-0.4, -0.2) is 18.6 Å². The fourth-order valence-corrected chi connectivity index (χ4v) is 1.76. The fourth-order valence-electron chi connectivity index (χ4n) is 1.76. The number of nitro benzene ring substituents is 1. The van der Waals surface area contributed by atoms with E-state index in [0.29, 0.717) is 11.4 Å². The molecule has 1 aromatic carbocycles. The van der Waals surface area contributed by atoms with Crippen LogP contribution in [0.1, 0.15) is 19.3 Å². The lowest BCUT2D eigenvalue weighted by molar-refractivity contribution is -0.384. The second-order valence-electron chi connectivity index (χ2n) is 4.30. The van der Waals surface area contributed by atoms with Gasteiger partial charge in [-0.2, -0.15) is 0 Å². The summed E-state index contributed by atoms with van der Waals surface area (Å²) in [6.07, 6.45) is 3.68. The van der Waals surface area contributed by atoms with Crippen LogP contribution in [-0.2, 0) is 0 Å². The van der Waals surface area contributed by atoms with Crippen molar-refractivity contribution in [2.75, 3.05) is 19.0 Å². The monoisotopic (exact) mass is 236 g/mol. The summed E-state index contributed by atoms with van der Waals surface area (Å²) in [6.45, 7) is 0.790. The van der Waals surface area contributed by atoms with Crippen LogP contribution in [0.15, 0.2) is 18.2 Å². The smallest absolute Gasteiger partial charge is 0.296 e. The van der Waals surface area contributed by atoms with Gasteiger partial charge in [-0.25, -0.2) is 0 Å². The van der Waals surface area contributed by atoms with E-state index in [9.17, 15) is 10.1 Å². The predicted molar refractivity (Wildman–Crippen MR) is 65.5 cm³/mol. The zero-order valence-corrected chi connectivity index (χ0v) is 9.81. The molecule has 1 N–H and O–H groups in total. The molecular weight excluding hydrogens is 220 g/mol. The molecule has 0 heterocycles. The standard InChI is InChI=1S/C12H16N2O3/c1-17-10-4-5-11(12(8-10)14(15)16)13-7-6-9-2-3-9/h4-5,8-9,13H,2-3,6-7H2,1H3. The number of rotatable bonds is 6. The lowest BCUT2D eigenvalue weighted by atomic mass is 10.2. The van der Waals surface area contributed by atoms with Gasteiger partial charge in [0, 0.05) is 6.54 Å². The number of anilines is 1. The molecule has 0 atom stereocenters. The van der Waals surface area contributed by atoms with Crippen LogP contribution in [0.2, 0.25) is 0 Å². The molecule has 92 valence electrons. The number of hydrogen-bond acceptors (Lipinski definition) is 4. The lowest BCUT2D eigenvalue weighted by Gasteiger charge is -2.07. The van der Waals surface area contributed by atoms with E-state index >= 15 is 0 Å². The van der Waals surface area contributed by atoms with Gasteiger partial charge in [0.2, 0.25) is 0 Å². The number of nitrogens with zero attached hydrogens (tertiary/aromatic N) is 1. The van der Waals surface area contributed by atoms with Gasteiger partial charge in [0.25, 0.3) is 5.69 Å². The first-order valence-corrected chi connectivity index (χ1v) is 5.77. The van der Waals surface area contributed by atoms with E-state index in [1.165, 1.54) is 26.0 Å². The number of nitro groups is 1. The summed E-state index contributed by atoms with van der Waals surface area (Å²) in [5, 5.41) is 14.0. The van der Waals surface area contributed by atoms with Crippen LogP contribution in [0.4, 0.5) is 11.4 Å². The van der Waals surface area contributed by atoms with Crippen molar-refractivity contribution in [3.8, 4) is 5.75 Å². The van der Waals surface area contributed by atoms with E-state index < -0.39 is 0 Å². The number of hydrogen-bond donors (Lipinski definition) is 1. The molecule has 0 spiro atoms. The Morgan fingerprint density at radius 2 is 2.29 bits per heavy atom. The molecule has 0 radical (unpaired) electrons. The highest BCUT2D eigenvalue weighted by Crippen LogP contribution is 2.33. The second-order valence-corrected chi connectivity index (χ2v) is 4.30. The molecule has 0 amide bonds. The Morgan fingerprint density at radius 3 is 2.88 bits per heavy atom. The molecule has 1 saturated carbocycles. The van der Waals surface area contributed by atoms with Gasteiger partial charge >= 0.3 is 0 Å². The van der Waals surface area contributed by atoms with Gasteiger partial charge in [-0.15, -0.1) is 0 Å². The van der Waals surface area contributed by atoms with Crippen LogP contribution in [0.5, 0.6) is 5.75 Å². The molecule has 0 saturated heterocycles. The van der Waals surface area contributed by atoms with E-state index in [0.717, 1.165) is 18.9 Å². The van der Waals surface area contributed by atoms with E-state index in [4.69, 9.17) is 4.74 Å². The van der Waals surface area contributed by atoms with Crippen molar-refractivity contribution in [1.82, 2.24) is 0 Å². The van der Waals surface area contributed by atoms with Crippen molar-refractivity contribution >= 4 is 11.4 Å². The first-order valence-electron chi connectivity index (χ1n) is 5.77. The second kappa shape index (κ2) is 5.03. The van der Waals surface area contributed by atoms with Gasteiger partial charge in [-0.3, -0.25) is 10.1 Å². The maximum atomic E-state index is 10.9. The number of benzene rings is 1. The first-order chi connectivity index (χ1) is 8.20. The third kappa shape index (κ3) is 3.09. The summed E-state index contributed by atoms with van der Waals surface area (Å²) in [7, 11) is 1.50. The molecule has 2 rings (SSSR count). The molecule has 1 fully saturated rings. The van der Waals surface area contributed by atoms with Gasteiger partial charge in [0.1, 0.15) is 11.4 Å². The Bertz CT molecular complexity index is 416. The van der Waals surface area contributed by atoms with Crippen molar-refractivity contribution in [3.63, 3.8) is 0 Å². The van der Waals surface area contributed by atoms with Crippen molar-refractivity contribution < 1.29 is 9.66 Å². The van der Waals surface area contributed by atoms with Crippen molar-refractivity contribution in [2.24, 2.45) is 5.92 Å². The summed E-state index contributed by atoms with van der Waals surface area (Å²) in [6, 6.07) is 4.87. The third-order valence-corrected chi connectivity index (χ3v) is 2.97. The topological polar surface area (TPSA) is 64.4 Å². The molecule has 1 aliphatic carbocycles. The van der Waals surface area contributed by atoms with E-state index in [-0.39, 0.29) is 10.6 Å². The van der Waals surface area contributed by atoms with Gasteiger partial charge < -0.3 is 10.1 Å². The maximum Gasteiger partial charge on any atom is 0.296 e. The average molecular weight is 236 g/mol. The minimum atomic E-state index is -0.387. The maximum absolute atomic E-state index is 10.9. The minimum Gasteiger partial charge on any atom is -0.496 e. The molecule has 0 aliphatic heterocycles. The van der Waals surface area contributed by atoms with Crippen LogP contribution >= 0.6 is 0 Å². The van der Waals surface area contributed by atoms with Crippen LogP contribution in [0.3, 0.4) is 0 Å². The molecule has 17 heavy (non-hydrogen) atoms. The normalized spacial score (nSPS) is 14.4. The van der Waals surface area contributed by atoms with Crippen LogP contribution in [0.25, 0.3) is 0 Å². The summed E-state index contributed by atoms with van der Waals surface area (Å²) in [5.74, 6) is 1.32. The summed E-state index contributed by atoms with van der Waals surface area (Å²) in [4.78, 5) is 10.5. The number of methoxy groups -OCH3 is 1. The van der Waals surface area contributed by atoms with Gasteiger partial charge in [0.05, 0.1) is 18.1 Å². The molecule has 0 bridgehead atoms. The molecule has 5 nitrogen and oxygen atoms in total. The minimum absolute atomic E-state index is 0.0696. The Labute approximate surface area is 99.9 Å². The quantitative estimate of drug-likeness (QED) is 0.609. The summed E-state index contributed by atoms with van der Waals surface area (Å²) in [5.41, 5.74) is 0.636. The molecular formula is C12H16N2O3. The molecule has 5 heteroatoms. The van der Waals surface area contributed by atoms with Crippen molar-refractivity contribution in [2.45, 2.75) is 19.3 Å². The van der Waals surface area contributed by atoms with Crippen LogP contribution in [0, 0.1) is 16.0 Å². The first kappa shape index (κ1) is 11.7. The van der Waals surface area contributed by atoms with E-state index in [1.807, 2.05) is 0 Å². The Balaban J connectivity index is 2.04. The Hall–Kier alpha value is -1.78. The molecule has 1 aromatic rings. The number of ether oxygens (including phenoxy) is 1. The van der Waals surface area contributed by atoms with E-state index in [1.54, 1.807) is 12.1 Å². The summed E-state index contributed by atoms with van der Waals surface area (Å²) < 4.78 is 4.98. The lowest BCUT2D eigenvalue weighted by Crippen LogP contribution is -2.05. The van der Waals surface area contributed by atoms with E-state index in [2.05, 4.69) is 5.32 Å². The highest BCUT2D eigenvalue weighted by atomic mass is 16.6. The third-order valence-electron chi connectivity index (χ3n) is 2.97. The predicted octanol–water partition coefficient (Wildman–Crippen LogP) is 2.82. The molecule has 1 aliphatic rings.